The standard InChI is InChI=1S/C11H14ClNO2S/c12-10-3-1-2-9(6-10)8-16(14,15)11-4-5-13-7-11/h1-3,6,11,13H,4-5,7-8H2. The third-order valence-corrected chi connectivity index (χ3v) is 5.17. The normalized spacial score (nSPS) is 21.2. The SMILES string of the molecule is O=S(=O)(Cc1cccc(Cl)c1)C1CCNC1. The Morgan fingerprint density at radius 2 is 2.25 bits per heavy atom. The van der Waals surface area contributed by atoms with Gasteiger partial charge in [0.1, 0.15) is 0 Å². The van der Waals surface area contributed by atoms with Gasteiger partial charge in [0, 0.05) is 11.6 Å². The summed E-state index contributed by atoms with van der Waals surface area (Å²) in [4.78, 5) is 0. The molecule has 1 aromatic carbocycles. The molecule has 1 aliphatic rings. The number of halogens is 1. The number of hydrogen-bond acceptors (Lipinski definition) is 3. The number of sulfone groups is 1. The Kier molecular flexibility index (Phi) is 3.52. The molecule has 16 heavy (non-hydrogen) atoms. The Bertz CT molecular complexity index is 467. The van der Waals surface area contributed by atoms with Gasteiger partial charge in [-0.1, -0.05) is 23.7 Å². The van der Waals surface area contributed by atoms with Gasteiger partial charge in [-0.2, -0.15) is 0 Å². The van der Waals surface area contributed by atoms with Crippen molar-refractivity contribution in [2.75, 3.05) is 13.1 Å². The van der Waals surface area contributed by atoms with Gasteiger partial charge in [0.25, 0.3) is 0 Å². The van der Waals surface area contributed by atoms with Crippen molar-refractivity contribution in [1.29, 1.82) is 0 Å². The molecule has 1 aromatic rings. The van der Waals surface area contributed by atoms with Gasteiger partial charge in [-0.3, -0.25) is 0 Å². The minimum Gasteiger partial charge on any atom is -0.315 e. The minimum atomic E-state index is -3.05. The van der Waals surface area contributed by atoms with E-state index in [9.17, 15) is 8.42 Å². The summed E-state index contributed by atoms with van der Waals surface area (Å²) in [5, 5.41) is 3.41. The summed E-state index contributed by atoms with van der Waals surface area (Å²) in [6.07, 6.45) is 0.711. The van der Waals surface area contributed by atoms with Gasteiger partial charge in [0.15, 0.2) is 9.84 Å². The van der Waals surface area contributed by atoms with E-state index < -0.39 is 9.84 Å². The summed E-state index contributed by atoms with van der Waals surface area (Å²) in [5.41, 5.74) is 0.763. The van der Waals surface area contributed by atoms with E-state index in [1.165, 1.54) is 0 Å². The summed E-state index contributed by atoms with van der Waals surface area (Å²) in [5.74, 6) is 0.0832. The van der Waals surface area contributed by atoms with Crippen LogP contribution >= 0.6 is 11.6 Å². The number of benzene rings is 1. The highest BCUT2D eigenvalue weighted by Gasteiger charge is 2.28. The van der Waals surface area contributed by atoms with E-state index in [0.29, 0.717) is 18.0 Å². The minimum absolute atomic E-state index is 0.0832. The van der Waals surface area contributed by atoms with Crippen LogP contribution in [0.25, 0.3) is 0 Å². The maximum atomic E-state index is 12.0. The highest BCUT2D eigenvalue weighted by Crippen LogP contribution is 2.18. The van der Waals surface area contributed by atoms with E-state index in [2.05, 4.69) is 5.32 Å². The van der Waals surface area contributed by atoms with Crippen LogP contribution in [-0.4, -0.2) is 26.8 Å². The summed E-state index contributed by atoms with van der Waals surface area (Å²) in [7, 11) is -3.05. The van der Waals surface area contributed by atoms with Crippen LogP contribution in [0.2, 0.25) is 5.02 Å². The van der Waals surface area contributed by atoms with Crippen LogP contribution in [0.1, 0.15) is 12.0 Å². The molecule has 1 heterocycles. The van der Waals surface area contributed by atoms with Crippen molar-refractivity contribution >= 4 is 21.4 Å². The van der Waals surface area contributed by atoms with Crippen LogP contribution in [0.5, 0.6) is 0 Å². The van der Waals surface area contributed by atoms with E-state index >= 15 is 0 Å². The quantitative estimate of drug-likeness (QED) is 0.897. The molecule has 3 nitrogen and oxygen atoms in total. The number of rotatable bonds is 3. The van der Waals surface area contributed by atoms with E-state index in [1.807, 2.05) is 0 Å². The number of nitrogens with one attached hydrogen (secondary N) is 1. The molecule has 0 saturated carbocycles. The third-order valence-electron chi connectivity index (χ3n) is 2.78. The topological polar surface area (TPSA) is 46.2 Å². The predicted octanol–water partition coefficient (Wildman–Crippen LogP) is 1.62. The summed E-state index contributed by atoms with van der Waals surface area (Å²) in [6, 6.07) is 7.03. The molecule has 0 aromatic heterocycles. The summed E-state index contributed by atoms with van der Waals surface area (Å²) < 4.78 is 24.1. The number of hydrogen-bond donors (Lipinski definition) is 1. The van der Waals surface area contributed by atoms with E-state index in [1.54, 1.807) is 24.3 Å². The Morgan fingerprint density at radius 3 is 2.88 bits per heavy atom. The molecule has 1 fully saturated rings. The van der Waals surface area contributed by atoms with Gasteiger partial charge >= 0.3 is 0 Å². The molecule has 88 valence electrons. The van der Waals surface area contributed by atoms with Crippen molar-refractivity contribution in [3.05, 3.63) is 34.9 Å². The van der Waals surface area contributed by atoms with E-state index in [4.69, 9.17) is 11.6 Å². The van der Waals surface area contributed by atoms with Gasteiger partial charge in [0.05, 0.1) is 11.0 Å². The van der Waals surface area contributed by atoms with Crippen LogP contribution in [0.4, 0.5) is 0 Å². The van der Waals surface area contributed by atoms with E-state index in [-0.39, 0.29) is 11.0 Å². The maximum Gasteiger partial charge on any atom is 0.158 e. The molecule has 1 saturated heterocycles. The predicted molar refractivity (Wildman–Crippen MR) is 65.4 cm³/mol. The largest absolute Gasteiger partial charge is 0.315 e. The first-order chi connectivity index (χ1) is 7.58. The van der Waals surface area contributed by atoms with Crippen LogP contribution in [-0.2, 0) is 15.6 Å². The van der Waals surface area contributed by atoms with Gasteiger partial charge in [0.2, 0.25) is 0 Å². The average molecular weight is 260 g/mol. The molecule has 0 aliphatic carbocycles. The van der Waals surface area contributed by atoms with Gasteiger partial charge in [-0.25, -0.2) is 8.42 Å². The Labute approximate surface area is 101 Å². The summed E-state index contributed by atoms with van der Waals surface area (Å²) >= 11 is 5.83. The average Bonchev–Trinajstić information content (AvgIpc) is 2.69. The van der Waals surface area contributed by atoms with Crippen molar-refractivity contribution in [3.8, 4) is 0 Å². The monoisotopic (exact) mass is 259 g/mol. The van der Waals surface area contributed by atoms with Crippen LogP contribution in [0, 0.1) is 0 Å². The van der Waals surface area contributed by atoms with E-state index in [0.717, 1.165) is 12.1 Å². The lowest BCUT2D eigenvalue weighted by atomic mass is 10.2. The maximum absolute atomic E-state index is 12.0. The first-order valence-corrected chi connectivity index (χ1v) is 7.34. The molecule has 1 N–H and O–H groups in total. The Hall–Kier alpha value is -0.580. The van der Waals surface area contributed by atoms with Crippen molar-refractivity contribution in [3.63, 3.8) is 0 Å². The molecule has 0 radical (unpaired) electrons. The fourth-order valence-corrected chi connectivity index (χ4v) is 3.85. The van der Waals surface area contributed by atoms with Crippen LogP contribution < -0.4 is 5.32 Å². The lowest BCUT2D eigenvalue weighted by Gasteiger charge is -2.10. The van der Waals surface area contributed by atoms with Crippen molar-refractivity contribution in [2.24, 2.45) is 0 Å². The lowest BCUT2D eigenvalue weighted by molar-refractivity contribution is 0.582. The smallest absolute Gasteiger partial charge is 0.158 e. The first kappa shape index (κ1) is 11.9. The zero-order valence-electron chi connectivity index (χ0n) is 8.82. The molecule has 0 spiro atoms. The molecular weight excluding hydrogens is 246 g/mol. The highest BCUT2D eigenvalue weighted by atomic mass is 35.5. The second-order valence-corrected chi connectivity index (χ2v) is 6.77. The second kappa shape index (κ2) is 4.73. The molecule has 1 unspecified atom stereocenters. The molecule has 5 heteroatoms. The Balaban J connectivity index is 2.14. The van der Waals surface area contributed by atoms with Crippen LogP contribution in [0.15, 0.2) is 24.3 Å². The third kappa shape index (κ3) is 2.75. The first-order valence-electron chi connectivity index (χ1n) is 5.25. The molecule has 2 rings (SSSR count). The fraction of sp³-hybridized carbons (Fsp3) is 0.455. The van der Waals surface area contributed by atoms with Gasteiger partial charge in [-0.05, 0) is 30.7 Å². The lowest BCUT2D eigenvalue weighted by Crippen LogP contribution is -2.25. The molecule has 0 bridgehead atoms. The summed E-state index contributed by atoms with van der Waals surface area (Å²) in [6.45, 7) is 1.36. The van der Waals surface area contributed by atoms with Crippen molar-refractivity contribution < 1.29 is 8.42 Å². The van der Waals surface area contributed by atoms with Gasteiger partial charge < -0.3 is 5.32 Å². The zero-order chi connectivity index (χ0) is 11.6. The van der Waals surface area contributed by atoms with Crippen LogP contribution in [0.3, 0.4) is 0 Å². The van der Waals surface area contributed by atoms with Crippen molar-refractivity contribution in [1.82, 2.24) is 5.32 Å². The molecular formula is C11H14ClNO2S. The van der Waals surface area contributed by atoms with Crippen molar-refractivity contribution in [2.45, 2.75) is 17.4 Å². The molecule has 1 atom stereocenters. The van der Waals surface area contributed by atoms with Gasteiger partial charge in [-0.15, -0.1) is 0 Å². The Morgan fingerprint density at radius 1 is 1.44 bits per heavy atom. The molecule has 1 aliphatic heterocycles. The second-order valence-electron chi connectivity index (χ2n) is 4.05. The fourth-order valence-electron chi connectivity index (χ4n) is 1.91. The molecule has 0 amide bonds. The highest BCUT2D eigenvalue weighted by molar-refractivity contribution is 7.91. The zero-order valence-corrected chi connectivity index (χ0v) is 10.4.